The molecule has 0 fully saturated rings. The lowest BCUT2D eigenvalue weighted by molar-refractivity contribution is -0.384. The van der Waals surface area contributed by atoms with Gasteiger partial charge in [0.1, 0.15) is 5.58 Å². The third-order valence-electron chi connectivity index (χ3n) is 3.54. The SMILES string of the molecule is O=c1oc2cc([N+](=O)[O-])cc3ccc4cccc1c4c32. The molecule has 96 valence electrons. The third-order valence-corrected chi connectivity index (χ3v) is 3.54. The number of nitro groups is 1. The van der Waals surface area contributed by atoms with Gasteiger partial charge >= 0.3 is 5.63 Å². The first kappa shape index (κ1) is 10.9. The zero-order valence-electron chi connectivity index (χ0n) is 10.1. The summed E-state index contributed by atoms with van der Waals surface area (Å²) in [6, 6.07) is 11.9. The summed E-state index contributed by atoms with van der Waals surface area (Å²) >= 11 is 0. The van der Waals surface area contributed by atoms with Gasteiger partial charge < -0.3 is 4.42 Å². The molecule has 0 unspecified atom stereocenters. The summed E-state index contributed by atoms with van der Waals surface area (Å²) in [5, 5.41) is 14.6. The molecule has 0 spiro atoms. The molecule has 0 saturated heterocycles. The predicted molar refractivity (Wildman–Crippen MR) is 75.3 cm³/mol. The number of non-ortho nitro benzene ring substituents is 1. The Morgan fingerprint density at radius 2 is 1.80 bits per heavy atom. The van der Waals surface area contributed by atoms with Crippen LogP contribution in [0.3, 0.4) is 0 Å². The quantitative estimate of drug-likeness (QED) is 0.229. The van der Waals surface area contributed by atoms with E-state index < -0.39 is 10.5 Å². The van der Waals surface area contributed by atoms with E-state index in [2.05, 4.69) is 0 Å². The van der Waals surface area contributed by atoms with Gasteiger partial charge in [-0.25, -0.2) is 4.79 Å². The molecule has 4 aromatic rings. The molecule has 5 nitrogen and oxygen atoms in total. The molecule has 20 heavy (non-hydrogen) atoms. The zero-order chi connectivity index (χ0) is 13.9. The summed E-state index contributed by atoms with van der Waals surface area (Å²) in [6.45, 7) is 0. The molecule has 0 N–H and O–H groups in total. The van der Waals surface area contributed by atoms with Crippen molar-refractivity contribution in [2.45, 2.75) is 0 Å². The van der Waals surface area contributed by atoms with Crippen molar-refractivity contribution >= 4 is 38.2 Å². The van der Waals surface area contributed by atoms with Gasteiger partial charge in [-0.2, -0.15) is 0 Å². The fraction of sp³-hybridized carbons (Fsp3) is 0. The van der Waals surface area contributed by atoms with Crippen LogP contribution in [0.5, 0.6) is 0 Å². The smallest absolute Gasteiger partial charge is 0.344 e. The van der Waals surface area contributed by atoms with Crippen molar-refractivity contribution in [1.82, 2.24) is 0 Å². The van der Waals surface area contributed by atoms with Gasteiger partial charge in [-0.05, 0) is 16.8 Å². The fourth-order valence-electron chi connectivity index (χ4n) is 2.70. The van der Waals surface area contributed by atoms with Crippen molar-refractivity contribution in [3.05, 3.63) is 63.0 Å². The second-order valence-electron chi connectivity index (χ2n) is 4.66. The van der Waals surface area contributed by atoms with E-state index in [4.69, 9.17) is 4.42 Å². The third kappa shape index (κ3) is 1.29. The molecule has 1 aromatic heterocycles. The maximum Gasteiger partial charge on any atom is 0.344 e. The predicted octanol–water partition coefficient (Wildman–Crippen LogP) is 3.45. The Morgan fingerprint density at radius 3 is 2.60 bits per heavy atom. The largest absolute Gasteiger partial charge is 0.422 e. The summed E-state index contributed by atoms with van der Waals surface area (Å²) < 4.78 is 5.24. The van der Waals surface area contributed by atoms with Gasteiger partial charge in [-0.3, -0.25) is 10.1 Å². The van der Waals surface area contributed by atoms with Crippen LogP contribution in [0.25, 0.3) is 32.5 Å². The van der Waals surface area contributed by atoms with Gasteiger partial charge in [0.05, 0.1) is 16.4 Å². The topological polar surface area (TPSA) is 73.3 Å². The van der Waals surface area contributed by atoms with Crippen molar-refractivity contribution in [3.8, 4) is 0 Å². The van der Waals surface area contributed by atoms with Crippen LogP contribution in [-0.2, 0) is 0 Å². The first-order valence-electron chi connectivity index (χ1n) is 6.01. The molecule has 0 bridgehead atoms. The van der Waals surface area contributed by atoms with Gasteiger partial charge in [0.25, 0.3) is 5.69 Å². The first-order valence-corrected chi connectivity index (χ1v) is 6.01. The minimum Gasteiger partial charge on any atom is -0.422 e. The highest BCUT2D eigenvalue weighted by Gasteiger charge is 2.16. The minimum absolute atomic E-state index is 0.0842. The molecule has 0 aliphatic rings. The molecule has 0 saturated carbocycles. The van der Waals surface area contributed by atoms with Gasteiger partial charge in [0, 0.05) is 16.8 Å². The van der Waals surface area contributed by atoms with E-state index in [0.717, 1.165) is 16.2 Å². The van der Waals surface area contributed by atoms with Crippen LogP contribution in [-0.4, -0.2) is 4.92 Å². The van der Waals surface area contributed by atoms with Crippen LogP contribution < -0.4 is 5.63 Å². The summed E-state index contributed by atoms with van der Waals surface area (Å²) in [5.74, 6) is 0. The second-order valence-corrected chi connectivity index (χ2v) is 4.66. The van der Waals surface area contributed by atoms with Crippen LogP contribution in [0.15, 0.2) is 51.7 Å². The van der Waals surface area contributed by atoms with Crippen molar-refractivity contribution in [2.75, 3.05) is 0 Å². The highest BCUT2D eigenvalue weighted by molar-refractivity contribution is 6.21. The van der Waals surface area contributed by atoms with E-state index in [1.807, 2.05) is 12.1 Å². The maximum absolute atomic E-state index is 12.0. The maximum atomic E-state index is 12.0. The average molecular weight is 265 g/mol. The van der Waals surface area contributed by atoms with Gasteiger partial charge in [-0.15, -0.1) is 0 Å². The van der Waals surface area contributed by atoms with Crippen molar-refractivity contribution in [3.63, 3.8) is 0 Å². The molecule has 0 radical (unpaired) electrons. The summed E-state index contributed by atoms with van der Waals surface area (Å²) in [6.07, 6.45) is 0. The second kappa shape index (κ2) is 3.54. The lowest BCUT2D eigenvalue weighted by atomic mass is 9.98. The molecule has 0 aliphatic heterocycles. The van der Waals surface area contributed by atoms with E-state index in [-0.39, 0.29) is 11.3 Å². The van der Waals surface area contributed by atoms with Gasteiger partial charge in [-0.1, -0.05) is 24.3 Å². The number of hydrogen-bond acceptors (Lipinski definition) is 4. The molecule has 1 heterocycles. The zero-order valence-corrected chi connectivity index (χ0v) is 10.1. The highest BCUT2D eigenvalue weighted by Crippen LogP contribution is 2.34. The monoisotopic (exact) mass is 265 g/mol. The number of hydrogen-bond donors (Lipinski definition) is 0. The summed E-state index contributed by atoms with van der Waals surface area (Å²) in [5.41, 5.74) is -0.307. The van der Waals surface area contributed by atoms with E-state index in [1.165, 1.54) is 12.1 Å². The Hall–Kier alpha value is -2.95. The Bertz CT molecular complexity index is 1050. The Morgan fingerprint density at radius 1 is 1.00 bits per heavy atom. The van der Waals surface area contributed by atoms with E-state index in [0.29, 0.717) is 10.8 Å². The van der Waals surface area contributed by atoms with Crippen LogP contribution in [0.2, 0.25) is 0 Å². The van der Waals surface area contributed by atoms with E-state index >= 15 is 0 Å². The normalized spacial score (nSPS) is 11.6. The Kier molecular flexibility index (Phi) is 1.93. The lowest BCUT2D eigenvalue weighted by Crippen LogP contribution is -2.01. The number of nitro benzene ring substituents is 1. The Labute approximate surface area is 111 Å². The number of nitrogens with zero attached hydrogens (tertiary/aromatic N) is 1. The first-order chi connectivity index (χ1) is 9.65. The number of rotatable bonds is 1. The average Bonchev–Trinajstić information content (AvgIpc) is 2.45. The molecule has 0 amide bonds. The van der Waals surface area contributed by atoms with Gasteiger partial charge in [0.15, 0.2) is 0 Å². The van der Waals surface area contributed by atoms with Gasteiger partial charge in [0.2, 0.25) is 0 Å². The summed E-state index contributed by atoms with van der Waals surface area (Å²) in [4.78, 5) is 22.4. The summed E-state index contributed by atoms with van der Waals surface area (Å²) in [7, 11) is 0. The molecular weight excluding hydrogens is 258 g/mol. The van der Waals surface area contributed by atoms with E-state index in [9.17, 15) is 14.9 Å². The van der Waals surface area contributed by atoms with Crippen molar-refractivity contribution in [1.29, 1.82) is 0 Å². The molecule has 4 rings (SSSR count). The minimum atomic E-state index is -0.492. The van der Waals surface area contributed by atoms with Crippen molar-refractivity contribution in [2.24, 2.45) is 0 Å². The number of benzene rings is 3. The fourth-order valence-corrected chi connectivity index (χ4v) is 2.70. The molecule has 5 heteroatoms. The van der Waals surface area contributed by atoms with Crippen LogP contribution in [0.4, 0.5) is 5.69 Å². The standard InChI is InChI=1S/C15H7NO4/c17-15-11-3-1-2-8-4-5-9-6-10(16(18)19)7-12(20-15)14(9)13(8)11/h1-7H. The highest BCUT2D eigenvalue weighted by atomic mass is 16.6. The lowest BCUT2D eigenvalue weighted by Gasteiger charge is -2.08. The van der Waals surface area contributed by atoms with Crippen LogP contribution in [0.1, 0.15) is 0 Å². The molecule has 0 atom stereocenters. The molecule has 3 aromatic carbocycles. The van der Waals surface area contributed by atoms with Crippen LogP contribution in [0, 0.1) is 10.1 Å². The Balaban J connectivity index is 2.38. The molecular formula is C15H7NO4. The molecule has 0 aliphatic carbocycles. The van der Waals surface area contributed by atoms with Crippen molar-refractivity contribution < 1.29 is 9.34 Å². The van der Waals surface area contributed by atoms with E-state index in [1.54, 1.807) is 18.2 Å². The van der Waals surface area contributed by atoms with Crippen LogP contribution >= 0.6 is 0 Å².